The first-order valence-electron chi connectivity index (χ1n) is 6.40. The predicted octanol–water partition coefficient (Wildman–Crippen LogP) is 1.23. The van der Waals surface area contributed by atoms with Gasteiger partial charge in [-0.1, -0.05) is 0 Å². The van der Waals surface area contributed by atoms with Crippen LogP contribution in [0.4, 0.5) is 10.6 Å². The molecule has 2 aromatic rings. The molecule has 7 heteroatoms. The summed E-state index contributed by atoms with van der Waals surface area (Å²) in [7, 11) is 3.93. The number of hydrogen-bond donors (Lipinski definition) is 2. The number of carbonyl (C=O) groups excluding carboxylic acids is 1. The summed E-state index contributed by atoms with van der Waals surface area (Å²) in [5, 5.41) is 5.30. The quantitative estimate of drug-likeness (QED) is 0.876. The highest BCUT2D eigenvalue weighted by atomic mass is 16.2. The Bertz CT molecular complexity index is 613. The topological polar surface area (TPSA) is 83.0 Å². The Kier molecular flexibility index (Phi) is 4.41. The van der Waals surface area contributed by atoms with Crippen molar-refractivity contribution in [2.75, 3.05) is 26.0 Å². The van der Waals surface area contributed by atoms with Gasteiger partial charge in [-0.25, -0.2) is 14.8 Å². The number of fused-ring (bicyclic) bond motifs is 1. The van der Waals surface area contributed by atoms with Gasteiger partial charge in [0.2, 0.25) is 0 Å². The zero-order valence-electron chi connectivity index (χ0n) is 11.8. The summed E-state index contributed by atoms with van der Waals surface area (Å²) in [6.45, 7) is 3.11. The van der Waals surface area contributed by atoms with Gasteiger partial charge in [-0.2, -0.15) is 0 Å². The van der Waals surface area contributed by atoms with Crippen LogP contribution >= 0.6 is 0 Å². The van der Waals surface area contributed by atoms with Crippen molar-refractivity contribution in [3.8, 4) is 0 Å². The van der Waals surface area contributed by atoms with Gasteiger partial charge < -0.3 is 10.2 Å². The standard InChI is InChI=1S/C13H18N6O/c1-4-14-13(20)18-11-6-5-10-12(17-11)16-9(7-15-10)8-19(2)3/h5-7H,4,8H2,1-3H3,(H2,14,16,17,18,20). The third-order valence-electron chi connectivity index (χ3n) is 2.51. The first-order valence-corrected chi connectivity index (χ1v) is 6.40. The highest BCUT2D eigenvalue weighted by Gasteiger charge is 2.06. The third-order valence-corrected chi connectivity index (χ3v) is 2.51. The predicted molar refractivity (Wildman–Crippen MR) is 77.4 cm³/mol. The van der Waals surface area contributed by atoms with Crippen LogP contribution in [0.25, 0.3) is 11.2 Å². The van der Waals surface area contributed by atoms with Crippen LogP contribution in [-0.4, -0.2) is 46.5 Å². The minimum absolute atomic E-state index is 0.281. The van der Waals surface area contributed by atoms with E-state index in [0.717, 1.165) is 5.69 Å². The molecule has 20 heavy (non-hydrogen) atoms. The molecule has 0 unspecified atom stereocenters. The van der Waals surface area contributed by atoms with E-state index in [4.69, 9.17) is 0 Å². The van der Waals surface area contributed by atoms with Crippen LogP contribution in [-0.2, 0) is 6.54 Å². The normalized spacial score (nSPS) is 10.8. The highest BCUT2D eigenvalue weighted by molar-refractivity contribution is 5.89. The van der Waals surface area contributed by atoms with E-state index in [1.54, 1.807) is 18.3 Å². The lowest BCUT2D eigenvalue weighted by Crippen LogP contribution is -2.28. The molecular formula is C13H18N6O. The molecule has 2 aromatic heterocycles. The molecule has 0 bridgehead atoms. The summed E-state index contributed by atoms with van der Waals surface area (Å²) in [6, 6.07) is 3.21. The summed E-state index contributed by atoms with van der Waals surface area (Å²) in [6.07, 6.45) is 1.74. The number of carbonyl (C=O) groups is 1. The Hall–Kier alpha value is -2.28. The Balaban J connectivity index is 2.24. The molecule has 0 saturated carbocycles. The molecule has 2 rings (SSSR count). The van der Waals surface area contributed by atoms with E-state index < -0.39 is 0 Å². The molecule has 0 atom stereocenters. The van der Waals surface area contributed by atoms with Crippen molar-refractivity contribution >= 4 is 23.0 Å². The monoisotopic (exact) mass is 274 g/mol. The maximum atomic E-state index is 11.5. The molecule has 0 radical (unpaired) electrons. The first-order chi connectivity index (χ1) is 9.58. The van der Waals surface area contributed by atoms with Gasteiger partial charge in [0.05, 0.1) is 11.9 Å². The van der Waals surface area contributed by atoms with Gasteiger partial charge in [0.15, 0.2) is 5.65 Å². The fourth-order valence-electron chi connectivity index (χ4n) is 1.72. The molecule has 2 heterocycles. The summed E-state index contributed by atoms with van der Waals surface area (Å²) >= 11 is 0. The number of urea groups is 1. The number of nitrogens with zero attached hydrogens (tertiary/aromatic N) is 4. The molecule has 106 valence electrons. The van der Waals surface area contributed by atoms with Crippen molar-refractivity contribution in [2.45, 2.75) is 13.5 Å². The Morgan fingerprint density at radius 2 is 2.10 bits per heavy atom. The smallest absolute Gasteiger partial charge is 0.320 e. The minimum atomic E-state index is -0.281. The number of amides is 2. The molecule has 0 aromatic carbocycles. The van der Waals surface area contributed by atoms with E-state index in [2.05, 4.69) is 25.6 Å². The Labute approximate surface area is 117 Å². The molecular weight excluding hydrogens is 256 g/mol. The maximum Gasteiger partial charge on any atom is 0.320 e. The number of rotatable bonds is 4. The van der Waals surface area contributed by atoms with Crippen molar-refractivity contribution in [3.05, 3.63) is 24.0 Å². The number of hydrogen-bond acceptors (Lipinski definition) is 5. The molecule has 2 amide bonds. The van der Waals surface area contributed by atoms with Gasteiger partial charge in [0.1, 0.15) is 11.3 Å². The van der Waals surface area contributed by atoms with Crippen LogP contribution in [0.15, 0.2) is 18.3 Å². The third kappa shape index (κ3) is 3.61. The van der Waals surface area contributed by atoms with Crippen LogP contribution in [0.1, 0.15) is 12.6 Å². The van der Waals surface area contributed by atoms with Gasteiger partial charge in [-0.05, 0) is 33.2 Å². The molecule has 0 aliphatic carbocycles. The average Bonchev–Trinajstić information content (AvgIpc) is 2.37. The fraction of sp³-hybridized carbons (Fsp3) is 0.385. The summed E-state index contributed by atoms with van der Waals surface area (Å²) in [5.41, 5.74) is 2.07. The summed E-state index contributed by atoms with van der Waals surface area (Å²) in [5.74, 6) is 0.458. The number of pyridine rings is 1. The SMILES string of the molecule is CCNC(=O)Nc1ccc2ncc(CN(C)C)nc2n1. The maximum absolute atomic E-state index is 11.5. The van der Waals surface area contributed by atoms with E-state index in [1.807, 2.05) is 25.9 Å². The van der Waals surface area contributed by atoms with Crippen molar-refractivity contribution in [1.82, 2.24) is 25.2 Å². The second-order valence-corrected chi connectivity index (χ2v) is 4.62. The zero-order chi connectivity index (χ0) is 14.5. The van der Waals surface area contributed by atoms with Crippen LogP contribution < -0.4 is 10.6 Å². The van der Waals surface area contributed by atoms with Crippen LogP contribution in [0.3, 0.4) is 0 Å². The lowest BCUT2D eigenvalue weighted by molar-refractivity contribution is 0.252. The van der Waals surface area contributed by atoms with E-state index in [0.29, 0.717) is 30.1 Å². The number of anilines is 1. The largest absolute Gasteiger partial charge is 0.338 e. The van der Waals surface area contributed by atoms with Crippen molar-refractivity contribution in [1.29, 1.82) is 0 Å². The van der Waals surface area contributed by atoms with Gasteiger partial charge >= 0.3 is 6.03 Å². The summed E-state index contributed by atoms with van der Waals surface area (Å²) in [4.78, 5) is 26.5. The lowest BCUT2D eigenvalue weighted by atomic mass is 10.3. The van der Waals surface area contributed by atoms with E-state index >= 15 is 0 Å². The Morgan fingerprint density at radius 1 is 1.30 bits per heavy atom. The van der Waals surface area contributed by atoms with E-state index in [1.165, 1.54) is 0 Å². The van der Waals surface area contributed by atoms with Crippen molar-refractivity contribution < 1.29 is 4.79 Å². The highest BCUT2D eigenvalue weighted by Crippen LogP contribution is 2.12. The van der Waals surface area contributed by atoms with Crippen molar-refractivity contribution in [3.63, 3.8) is 0 Å². The summed E-state index contributed by atoms with van der Waals surface area (Å²) < 4.78 is 0. The molecule has 0 fully saturated rings. The van der Waals surface area contributed by atoms with Crippen LogP contribution in [0.5, 0.6) is 0 Å². The van der Waals surface area contributed by atoms with Crippen LogP contribution in [0, 0.1) is 0 Å². The molecule has 2 N–H and O–H groups in total. The molecule has 7 nitrogen and oxygen atoms in total. The minimum Gasteiger partial charge on any atom is -0.338 e. The molecule has 0 aliphatic heterocycles. The number of aromatic nitrogens is 3. The number of nitrogens with one attached hydrogen (secondary N) is 2. The second-order valence-electron chi connectivity index (χ2n) is 4.62. The van der Waals surface area contributed by atoms with Crippen LogP contribution in [0.2, 0.25) is 0 Å². The van der Waals surface area contributed by atoms with Gasteiger partial charge in [-0.3, -0.25) is 10.3 Å². The fourth-order valence-corrected chi connectivity index (χ4v) is 1.72. The first kappa shape index (κ1) is 14.1. The second kappa shape index (κ2) is 6.25. The molecule has 0 aliphatic rings. The van der Waals surface area contributed by atoms with E-state index in [9.17, 15) is 4.79 Å². The molecule has 0 spiro atoms. The average molecular weight is 274 g/mol. The van der Waals surface area contributed by atoms with Crippen molar-refractivity contribution in [2.24, 2.45) is 0 Å². The zero-order valence-corrected chi connectivity index (χ0v) is 11.8. The lowest BCUT2D eigenvalue weighted by Gasteiger charge is -2.09. The van der Waals surface area contributed by atoms with Gasteiger partial charge in [-0.15, -0.1) is 0 Å². The Morgan fingerprint density at radius 3 is 2.80 bits per heavy atom. The van der Waals surface area contributed by atoms with E-state index in [-0.39, 0.29) is 6.03 Å². The van der Waals surface area contributed by atoms with Gasteiger partial charge in [0.25, 0.3) is 0 Å². The van der Waals surface area contributed by atoms with Gasteiger partial charge in [0, 0.05) is 13.1 Å². The molecule has 0 saturated heterocycles.